The summed E-state index contributed by atoms with van der Waals surface area (Å²) in [6, 6.07) is 10.6. The van der Waals surface area contributed by atoms with Crippen molar-refractivity contribution < 1.29 is 9.90 Å². The van der Waals surface area contributed by atoms with Gasteiger partial charge < -0.3 is 14.9 Å². The molecule has 2 atom stereocenters. The van der Waals surface area contributed by atoms with Gasteiger partial charge in [0.2, 0.25) is 5.91 Å². The van der Waals surface area contributed by atoms with E-state index in [-0.39, 0.29) is 29.4 Å². The smallest absolute Gasteiger partial charge is 0.223 e. The van der Waals surface area contributed by atoms with Crippen LogP contribution in [0.4, 0.5) is 0 Å². The number of likely N-dealkylation sites (tertiary alicyclic amines) is 2. The number of rotatable bonds is 4. The van der Waals surface area contributed by atoms with Crippen molar-refractivity contribution >= 4 is 5.91 Å². The van der Waals surface area contributed by atoms with Crippen molar-refractivity contribution in [3.63, 3.8) is 0 Å². The zero-order chi connectivity index (χ0) is 18.1. The number of hydrogen-bond donors (Lipinski definition) is 1. The summed E-state index contributed by atoms with van der Waals surface area (Å²) in [5.41, 5.74) is 1.03. The van der Waals surface area contributed by atoms with E-state index in [1.54, 1.807) is 0 Å². The minimum absolute atomic E-state index is 0.0152. The van der Waals surface area contributed by atoms with Crippen LogP contribution in [0.15, 0.2) is 30.3 Å². The normalized spacial score (nSPS) is 27.8. The number of amides is 1. The molecule has 0 unspecified atom stereocenters. The first-order valence-corrected chi connectivity index (χ1v) is 9.52. The third kappa shape index (κ3) is 3.61. The quantitative estimate of drug-likeness (QED) is 0.913. The maximum Gasteiger partial charge on any atom is 0.223 e. The lowest BCUT2D eigenvalue weighted by atomic mass is 9.69. The van der Waals surface area contributed by atoms with Crippen LogP contribution in [0.2, 0.25) is 0 Å². The monoisotopic (exact) mass is 344 g/mol. The minimum atomic E-state index is -0.164. The Labute approximate surface area is 151 Å². The molecule has 2 fully saturated rings. The van der Waals surface area contributed by atoms with E-state index in [0.29, 0.717) is 6.42 Å². The summed E-state index contributed by atoms with van der Waals surface area (Å²) in [7, 11) is 2.14. The molecule has 0 saturated carbocycles. The number of piperidine rings is 2. The van der Waals surface area contributed by atoms with Gasteiger partial charge in [-0.25, -0.2) is 0 Å². The number of carbonyl (C=O) groups excluding carboxylic acids is 1. The topological polar surface area (TPSA) is 43.8 Å². The fourth-order valence-corrected chi connectivity index (χ4v) is 4.72. The lowest BCUT2D eigenvalue weighted by Gasteiger charge is -2.53. The highest BCUT2D eigenvalue weighted by Crippen LogP contribution is 2.42. The van der Waals surface area contributed by atoms with Gasteiger partial charge in [-0.05, 0) is 43.8 Å². The second-order valence-electron chi connectivity index (χ2n) is 8.64. The maximum atomic E-state index is 13.0. The number of hydrogen-bond acceptors (Lipinski definition) is 3. The Hall–Kier alpha value is -1.39. The third-order valence-corrected chi connectivity index (χ3v) is 6.51. The number of aliphatic hydroxyl groups is 1. The number of nitrogens with zero attached hydrogens (tertiary/aromatic N) is 2. The Morgan fingerprint density at radius 3 is 2.64 bits per heavy atom. The van der Waals surface area contributed by atoms with E-state index < -0.39 is 0 Å². The number of fused-ring (bicyclic) bond motifs is 1. The van der Waals surface area contributed by atoms with E-state index in [0.717, 1.165) is 38.9 Å². The molecule has 1 N–H and O–H groups in total. The van der Waals surface area contributed by atoms with Gasteiger partial charge in [0.05, 0.1) is 6.61 Å². The predicted molar refractivity (Wildman–Crippen MR) is 100 cm³/mol. The molecule has 2 aliphatic heterocycles. The average Bonchev–Trinajstić information content (AvgIpc) is 2.62. The van der Waals surface area contributed by atoms with Gasteiger partial charge in [-0.1, -0.05) is 44.2 Å². The van der Waals surface area contributed by atoms with Crippen LogP contribution in [0.5, 0.6) is 0 Å². The van der Waals surface area contributed by atoms with Crippen molar-refractivity contribution in [2.45, 2.75) is 51.0 Å². The molecule has 0 aromatic heterocycles. The standard InChI is InChI=1S/C21H32N2O2/c1-20(2,17-8-5-4-6-9-17)14-19(25)23-13-11-21(16-24)10-7-12-22(3)18(21)15-23/h4-6,8-9,18,24H,7,10-16H2,1-3H3/t18-,21-/m1/s1. The maximum absolute atomic E-state index is 13.0. The highest BCUT2D eigenvalue weighted by Gasteiger charge is 2.47. The largest absolute Gasteiger partial charge is 0.396 e. The van der Waals surface area contributed by atoms with Crippen LogP contribution in [0.25, 0.3) is 0 Å². The van der Waals surface area contributed by atoms with Crippen LogP contribution in [0.3, 0.4) is 0 Å². The lowest BCUT2D eigenvalue weighted by Crippen LogP contribution is -2.62. The fraction of sp³-hybridized carbons (Fsp3) is 0.667. The third-order valence-electron chi connectivity index (χ3n) is 6.51. The molecule has 1 amide bonds. The molecule has 2 heterocycles. The van der Waals surface area contributed by atoms with E-state index in [1.807, 2.05) is 23.1 Å². The van der Waals surface area contributed by atoms with Gasteiger partial charge in [0.15, 0.2) is 0 Å². The first-order valence-electron chi connectivity index (χ1n) is 9.52. The van der Waals surface area contributed by atoms with Crippen molar-refractivity contribution in [2.24, 2.45) is 5.41 Å². The summed E-state index contributed by atoms with van der Waals surface area (Å²) >= 11 is 0. The Balaban J connectivity index is 1.69. The molecule has 0 radical (unpaired) electrons. The van der Waals surface area contributed by atoms with Crippen LogP contribution in [-0.2, 0) is 10.2 Å². The molecule has 4 nitrogen and oxygen atoms in total. The number of aliphatic hydroxyl groups excluding tert-OH is 1. The first kappa shape index (κ1) is 18.4. The molecule has 0 aliphatic carbocycles. The lowest BCUT2D eigenvalue weighted by molar-refractivity contribution is -0.141. The molecule has 25 heavy (non-hydrogen) atoms. The van der Waals surface area contributed by atoms with Crippen molar-refractivity contribution in [1.29, 1.82) is 0 Å². The Bertz CT molecular complexity index is 601. The molecule has 0 bridgehead atoms. The van der Waals surface area contributed by atoms with Crippen molar-refractivity contribution in [3.05, 3.63) is 35.9 Å². The van der Waals surface area contributed by atoms with Crippen LogP contribution in [0, 0.1) is 5.41 Å². The van der Waals surface area contributed by atoms with Gasteiger partial charge in [0.1, 0.15) is 0 Å². The number of carbonyl (C=O) groups is 1. The highest BCUT2D eigenvalue weighted by molar-refractivity contribution is 5.78. The summed E-state index contributed by atoms with van der Waals surface area (Å²) in [4.78, 5) is 17.4. The number of likely N-dealkylation sites (N-methyl/N-ethyl adjacent to an activating group) is 1. The van der Waals surface area contributed by atoms with Crippen molar-refractivity contribution in [2.75, 3.05) is 33.3 Å². The summed E-state index contributed by atoms with van der Waals surface area (Å²) < 4.78 is 0. The highest BCUT2D eigenvalue weighted by atomic mass is 16.3. The average molecular weight is 344 g/mol. The zero-order valence-electron chi connectivity index (χ0n) is 15.9. The second-order valence-corrected chi connectivity index (χ2v) is 8.64. The summed E-state index contributed by atoms with van der Waals surface area (Å²) in [6.45, 7) is 7.11. The molecule has 3 rings (SSSR count). The Morgan fingerprint density at radius 2 is 1.96 bits per heavy atom. The van der Waals surface area contributed by atoms with E-state index in [4.69, 9.17) is 0 Å². The molecular formula is C21H32N2O2. The minimum Gasteiger partial charge on any atom is -0.396 e. The van der Waals surface area contributed by atoms with Gasteiger partial charge in [0.25, 0.3) is 0 Å². The van der Waals surface area contributed by atoms with E-state index in [1.165, 1.54) is 5.56 Å². The predicted octanol–water partition coefficient (Wildman–Crippen LogP) is 2.66. The molecular weight excluding hydrogens is 312 g/mol. The summed E-state index contributed by atoms with van der Waals surface area (Å²) in [6.07, 6.45) is 3.66. The molecule has 0 spiro atoms. The second kappa shape index (κ2) is 7.08. The van der Waals surface area contributed by atoms with Crippen molar-refractivity contribution in [1.82, 2.24) is 9.80 Å². The Morgan fingerprint density at radius 1 is 1.24 bits per heavy atom. The van der Waals surface area contributed by atoms with E-state index in [9.17, 15) is 9.90 Å². The van der Waals surface area contributed by atoms with Crippen LogP contribution in [-0.4, -0.2) is 60.1 Å². The van der Waals surface area contributed by atoms with Crippen LogP contribution >= 0.6 is 0 Å². The van der Waals surface area contributed by atoms with E-state index in [2.05, 4.69) is 37.9 Å². The van der Waals surface area contributed by atoms with Gasteiger partial charge in [0, 0.05) is 31.0 Å². The summed E-state index contributed by atoms with van der Waals surface area (Å²) in [5, 5.41) is 10.0. The summed E-state index contributed by atoms with van der Waals surface area (Å²) in [5.74, 6) is 0.236. The van der Waals surface area contributed by atoms with Gasteiger partial charge in [-0.15, -0.1) is 0 Å². The molecule has 1 aromatic carbocycles. The fourth-order valence-electron chi connectivity index (χ4n) is 4.72. The van der Waals surface area contributed by atoms with Crippen LogP contribution in [0.1, 0.15) is 45.1 Å². The van der Waals surface area contributed by atoms with Gasteiger partial charge in [-0.3, -0.25) is 4.79 Å². The Kier molecular flexibility index (Phi) is 5.21. The molecule has 138 valence electrons. The molecule has 4 heteroatoms. The SMILES string of the molecule is CN1CCC[C@]2(CO)CCN(C(=O)CC(C)(C)c3ccccc3)C[C@@H]12. The van der Waals surface area contributed by atoms with Gasteiger partial charge in [-0.2, -0.15) is 0 Å². The molecule has 2 saturated heterocycles. The van der Waals surface area contributed by atoms with E-state index >= 15 is 0 Å². The van der Waals surface area contributed by atoms with Gasteiger partial charge >= 0.3 is 0 Å². The molecule has 1 aromatic rings. The van der Waals surface area contributed by atoms with Crippen molar-refractivity contribution in [3.8, 4) is 0 Å². The number of benzene rings is 1. The zero-order valence-corrected chi connectivity index (χ0v) is 15.9. The molecule has 2 aliphatic rings. The first-order chi connectivity index (χ1) is 11.9. The van der Waals surface area contributed by atoms with Crippen LogP contribution < -0.4 is 0 Å².